The number of hydrogen-bond acceptors (Lipinski definition) is 2. The van der Waals surface area contributed by atoms with E-state index in [2.05, 4.69) is 22.9 Å². The molecule has 1 N–H and O–H groups in total. The standard InChI is InChI=1S/C19H22BrNO2/c1-2-3-12-19(23)17-7-5-4-6-16(17)18(22)21(19)13-14-8-10-15(20)11-9-14/h4,6,8-11,23H,2-3,5,7,12-13H2,1H3. The maximum Gasteiger partial charge on any atom is 0.256 e. The van der Waals surface area contributed by atoms with Gasteiger partial charge < -0.3 is 10.0 Å². The number of nitrogens with zero attached hydrogens (tertiary/aromatic N) is 1. The van der Waals surface area contributed by atoms with Crippen molar-refractivity contribution in [2.45, 2.75) is 51.3 Å². The highest BCUT2D eigenvalue weighted by Gasteiger charge is 2.48. The van der Waals surface area contributed by atoms with Crippen molar-refractivity contribution in [2.75, 3.05) is 0 Å². The minimum atomic E-state index is -1.12. The third kappa shape index (κ3) is 3.02. The van der Waals surface area contributed by atoms with Crippen LogP contribution in [0.1, 0.15) is 44.6 Å². The Morgan fingerprint density at radius 3 is 2.74 bits per heavy atom. The lowest BCUT2D eigenvalue weighted by molar-refractivity contribution is -0.145. The molecule has 3 nitrogen and oxygen atoms in total. The van der Waals surface area contributed by atoms with Crippen LogP contribution in [0, 0.1) is 0 Å². The first-order valence-electron chi connectivity index (χ1n) is 8.25. The highest BCUT2D eigenvalue weighted by Crippen LogP contribution is 2.43. The van der Waals surface area contributed by atoms with Gasteiger partial charge in [-0.3, -0.25) is 4.79 Å². The van der Waals surface area contributed by atoms with Gasteiger partial charge in [-0.2, -0.15) is 0 Å². The first-order chi connectivity index (χ1) is 11.1. The molecule has 1 aromatic rings. The normalized spacial score (nSPS) is 23.6. The first-order valence-corrected chi connectivity index (χ1v) is 9.04. The summed E-state index contributed by atoms with van der Waals surface area (Å²) in [4.78, 5) is 14.5. The third-order valence-corrected chi connectivity index (χ3v) is 5.24. The van der Waals surface area contributed by atoms with Gasteiger partial charge in [0.15, 0.2) is 5.72 Å². The minimum Gasteiger partial charge on any atom is -0.367 e. The second kappa shape index (κ2) is 6.62. The molecule has 0 fully saturated rings. The van der Waals surface area contributed by atoms with Crippen LogP contribution >= 0.6 is 15.9 Å². The zero-order chi connectivity index (χ0) is 16.4. The molecule has 1 amide bonds. The molecule has 0 radical (unpaired) electrons. The van der Waals surface area contributed by atoms with Crippen LogP contribution < -0.4 is 0 Å². The monoisotopic (exact) mass is 375 g/mol. The first kappa shape index (κ1) is 16.5. The summed E-state index contributed by atoms with van der Waals surface area (Å²) in [6, 6.07) is 7.91. The van der Waals surface area contributed by atoms with E-state index in [4.69, 9.17) is 0 Å². The van der Waals surface area contributed by atoms with E-state index in [1.165, 1.54) is 0 Å². The number of rotatable bonds is 5. The maximum atomic E-state index is 12.8. The second-order valence-corrected chi connectivity index (χ2v) is 7.19. The number of allylic oxidation sites excluding steroid dienone is 1. The summed E-state index contributed by atoms with van der Waals surface area (Å²) in [5.74, 6) is -0.0440. The quantitative estimate of drug-likeness (QED) is 0.832. The number of carbonyl (C=O) groups excluding carboxylic acids is 1. The smallest absolute Gasteiger partial charge is 0.256 e. The van der Waals surface area contributed by atoms with Crippen molar-refractivity contribution in [1.29, 1.82) is 0 Å². The molecule has 4 heteroatoms. The second-order valence-electron chi connectivity index (χ2n) is 6.27. The average molecular weight is 376 g/mol. The van der Waals surface area contributed by atoms with Crippen molar-refractivity contribution in [3.05, 3.63) is 57.6 Å². The van der Waals surface area contributed by atoms with E-state index in [9.17, 15) is 9.90 Å². The molecule has 1 heterocycles. The lowest BCUT2D eigenvalue weighted by Crippen LogP contribution is -2.47. The van der Waals surface area contributed by atoms with Crippen LogP contribution in [0.4, 0.5) is 0 Å². The Labute approximate surface area is 145 Å². The summed E-state index contributed by atoms with van der Waals surface area (Å²) in [6.07, 6.45) is 8.10. The van der Waals surface area contributed by atoms with Crippen molar-refractivity contribution >= 4 is 21.8 Å². The maximum absolute atomic E-state index is 12.8. The Morgan fingerprint density at radius 1 is 1.30 bits per heavy atom. The molecule has 0 bridgehead atoms. The zero-order valence-corrected chi connectivity index (χ0v) is 15.0. The Balaban J connectivity index is 1.92. The van der Waals surface area contributed by atoms with Crippen molar-refractivity contribution in [1.82, 2.24) is 4.90 Å². The van der Waals surface area contributed by atoms with Gasteiger partial charge in [0.25, 0.3) is 5.91 Å². The Bertz CT molecular complexity index is 662. The number of carbonyl (C=O) groups is 1. The summed E-state index contributed by atoms with van der Waals surface area (Å²) >= 11 is 3.43. The topological polar surface area (TPSA) is 40.5 Å². The number of unbranched alkanes of at least 4 members (excludes halogenated alkanes) is 1. The van der Waals surface area contributed by atoms with Crippen LogP contribution in [0.5, 0.6) is 0 Å². The summed E-state index contributed by atoms with van der Waals surface area (Å²) in [5, 5.41) is 11.4. The van der Waals surface area contributed by atoms with Gasteiger partial charge in [-0.15, -0.1) is 0 Å². The minimum absolute atomic E-state index is 0.0440. The predicted molar refractivity (Wildman–Crippen MR) is 94.6 cm³/mol. The van der Waals surface area contributed by atoms with Gasteiger partial charge in [0, 0.05) is 16.6 Å². The average Bonchev–Trinajstić information content (AvgIpc) is 2.78. The molecule has 1 aliphatic carbocycles. The summed E-state index contributed by atoms with van der Waals surface area (Å²) < 4.78 is 1.01. The molecule has 2 aliphatic rings. The van der Waals surface area contributed by atoms with E-state index in [0.717, 1.165) is 41.3 Å². The van der Waals surface area contributed by atoms with Gasteiger partial charge in [-0.1, -0.05) is 53.6 Å². The van der Waals surface area contributed by atoms with Crippen LogP contribution in [-0.2, 0) is 11.3 Å². The van der Waals surface area contributed by atoms with Gasteiger partial charge in [-0.05, 0) is 49.0 Å². The Kier molecular flexibility index (Phi) is 4.74. The molecule has 0 aromatic heterocycles. The molecule has 1 unspecified atom stereocenters. The predicted octanol–water partition coefficient (Wildman–Crippen LogP) is 4.32. The largest absolute Gasteiger partial charge is 0.367 e. The molecule has 3 rings (SSSR count). The molecule has 23 heavy (non-hydrogen) atoms. The van der Waals surface area contributed by atoms with Crippen LogP contribution in [-0.4, -0.2) is 21.6 Å². The van der Waals surface area contributed by atoms with E-state index in [0.29, 0.717) is 18.5 Å². The summed E-state index contributed by atoms with van der Waals surface area (Å²) in [5.41, 5.74) is 1.52. The van der Waals surface area contributed by atoms with Gasteiger partial charge in [0.05, 0.1) is 0 Å². The molecule has 122 valence electrons. The molecule has 0 saturated heterocycles. The molecule has 1 aromatic carbocycles. The Hall–Kier alpha value is -1.39. The molecular weight excluding hydrogens is 354 g/mol. The highest BCUT2D eigenvalue weighted by molar-refractivity contribution is 9.10. The lowest BCUT2D eigenvalue weighted by Gasteiger charge is -2.36. The van der Waals surface area contributed by atoms with E-state index >= 15 is 0 Å². The molecule has 0 saturated carbocycles. The van der Waals surface area contributed by atoms with Gasteiger partial charge in [-0.25, -0.2) is 0 Å². The number of benzene rings is 1. The molecular formula is C19H22BrNO2. The van der Waals surface area contributed by atoms with E-state index < -0.39 is 5.72 Å². The molecule has 1 aliphatic heterocycles. The third-order valence-electron chi connectivity index (χ3n) is 4.71. The van der Waals surface area contributed by atoms with Gasteiger partial charge in [0.2, 0.25) is 0 Å². The zero-order valence-electron chi connectivity index (χ0n) is 13.4. The molecule has 0 spiro atoms. The number of aliphatic hydroxyl groups is 1. The number of halogens is 1. The highest BCUT2D eigenvalue weighted by atomic mass is 79.9. The lowest BCUT2D eigenvalue weighted by atomic mass is 9.89. The van der Waals surface area contributed by atoms with Gasteiger partial charge in [0.1, 0.15) is 0 Å². The summed E-state index contributed by atoms with van der Waals surface area (Å²) in [7, 11) is 0. The Morgan fingerprint density at radius 2 is 2.04 bits per heavy atom. The van der Waals surface area contributed by atoms with E-state index in [-0.39, 0.29) is 5.91 Å². The van der Waals surface area contributed by atoms with Crippen LogP contribution in [0.2, 0.25) is 0 Å². The van der Waals surface area contributed by atoms with Gasteiger partial charge >= 0.3 is 0 Å². The number of hydrogen-bond donors (Lipinski definition) is 1. The van der Waals surface area contributed by atoms with Crippen molar-refractivity contribution in [3.8, 4) is 0 Å². The number of amides is 1. The fourth-order valence-corrected chi connectivity index (χ4v) is 3.71. The SMILES string of the molecule is CCCCC1(O)C2=C(C=CCC2)C(=O)N1Cc1ccc(Br)cc1. The fourth-order valence-electron chi connectivity index (χ4n) is 3.44. The van der Waals surface area contributed by atoms with Crippen LogP contribution in [0.25, 0.3) is 0 Å². The van der Waals surface area contributed by atoms with Crippen molar-refractivity contribution in [3.63, 3.8) is 0 Å². The van der Waals surface area contributed by atoms with Crippen LogP contribution in [0.15, 0.2) is 52.0 Å². The fraction of sp³-hybridized carbons (Fsp3) is 0.421. The van der Waals surface area contributed by atoms with Crippen molar-refractivity contribution < 1.29 is 9.90 Å². The summed E-state index contributed by atoms with van der Waals surface area (Å²) in [6.45, 7) is 2.54. The van der Waals surface area contributed by atoms with Crippen molar-refractivity contribution in [2.24, 2.45) is 0 Å². The van der Waals surface area contributed by atoms with Crippen LogP contribution in [0.3, 0.4) is 0 Å². The van der Waals surface area contributed by atoms with E-state index in [1.54, 1.807) is 4.90 Å². The molecule has 1 atom stereocenters. The van der Waals surface area contributed by atoms with E-state index in [1.807, 2.05) is 36.4 Å².